The zero-order chi connectivity index (χ0) is 15.1. The monoisotopic (exact) mass is 396 g/mol. The predicted molar refractivity (Wildman–Crippen MR) is 84.2 cm³/mol. The van der Waals surface area contributed by atoms with Gasteiger partial charge in [-0.05, 0) is 44.0 Å². The van der Waals surface area contributed by atoms with Crippen LogP contribution < -0.4 is 10.6 Å². The van der Waals surface area contributed by atoms with Crippen LogP contribution >= 0.6 is 31.9 Å². The summed E-state index contributed by atoms with van der Waals surface area (Å²) < 4.78 is 0.974. The van der Waals surface area contributed by atoms with Gasteiger partial charge in [-0.25, -0.2) is 0 Å². The summed E-state index contributed by atoms with van der Waals surface area (Å²) in [5.41, 5.74) is 0.751. The minimum Gasteiger partial charge on any atom is -0.341 e. The molecule has 20 heavy (non-hydrogen) atoms. The molecule has 0 radical (unpaired) electrons. The molecule has 0 saturated carbocycles. The normalized spacial score (nSPS) is 9.20. The van der Waals surface area contributed by atoms with Gasteiger partial charge in [-0.1, -0.05) is 11.8 Å². The number of halogens is 2. The molecular formula is C14H10Br2N2O2. The molecular weight excluding hydrogens is 388 g/mol. The van der Waals surface area contributed by atoms with Gasteiger partial charge in [0.2, 0.25) is 0 Å². The molecule has 0 heterocycles. The van der Waals surface area contributed by atoms with Crippen molar-refractivity contribution in [2.24, 2.45) is 0 Å². The van der Waals surface area contributed by atoms with E-state index in [4.69, 9.17) is 12.8 Å². The summed E-state index contributed by atoms with van der Waals surface area (Å²) in [6.07, 6.45) is 10.2. The van der Waals surface area contributed by atoms with Crippen molar-refractivity contribution in [1.29, 1.82) is 0 Å². The second kappa shape index (κ2) is 7.74. The van der Waals surface area contributed by atoms with Gasteiger partial charge in [0, 0.05) is 8.95 Å². The maximum Gasteiger partial charge on any atom is 0.253 e. The van der Waals surface area contributed by atoms with Crippen molar-refractivity contribution in [2.45, 2.75) is 0 Å². The van der Waals surface area contributed by atoms with Crippen LogP contribution in [-0.4, -0.2) is 24.9 Å². The number of hydrogen-bond donors (Lipinski definition) is 2. The van der Waals surface area contributed by atoms with Crippen molar-refractivity contribution in [1.82, 2.24) is 10.6 Å². The van der Waals surface area contributed by atoms with E-state index in [2.05, 4.69) is 54.3 Å². The van der Waals surface area contributed by atoms with Crippen LogP contribution in [0.15, 0.2) is 21.1 Å². The zero-order valence-electron chi connectivity index (χ0n) is 10.3. The standard InChI is InChI=1S/C14H10Br2N2O2/c1-3-5-17-13(19)9-7-12(16)10(8-11(9)15)14(20)18-6-4-2/h1-2,7-8H,5-6H2,(H,17,19)(H,18,20). The summed E-state index contributed by atoms with van der Waals surface area (Å²) in [6.45, 7) is 0.264. The first-order chi connectivity index (χ1) is 9.51. The lowest BCUT2D eigenvalue weighted by Gasteiger charge is -2.09. The molecule has 0 atom stereocenters. The Bertz CT molecular complexity index is 572. The van der Waals surface area contributed by atoms with Gasteiger partial charge in [0.05, 0.1) is 24.2 Å². The van der Waals surface area contributed by atoms with Gasteiger partial charge in [0.1, 0.15) is 0 Å². The van der Waals surface area contributed by atoms with E-state index in [0.717, 1.165) is 0 Å². The van der Waals surface area contributed by atoms with Gasteiger partial charge in [0.25, 0.3) is 11.8 Å². The largest absolute Gasteiger partial charge is 0.341 e. The van der Waals surface area contributed by atoms with Crippen LogP contribution in [-0.2, 0) is 0 Å². The van der Waals surface area contributed by atoms with E-state index in [1.54, 1.807) is 12.1 Å². The first-order valence-corrected chi connectivity index (χ1v) is 7.02. The van der Waals surface area contributed by atoms with Gasteiger partial charge in [-0.3, -0.25) is 9.59 Å². The van der Waals surface area contributed by atoms with Crippen LogP contribution in [0.25, 0.3) is 0 Å². The Hall–Kier alpha value is -1.76. The van der Waals surface area contributed by atoms with E-state index in [1.165, 1.54) is 0 Å². The van der Waals surface area contributed by atoms with Crippen molar-refractivity contribution in [3.63, 3.8) is 0 Å². The van der Waals surface area contributed by atoms with Crippen LogP contribution in [0.1, 0.15) is 20.7 Å². The molecule has 0 spiro atoms. The van der Waals surface area contributed by atoms with E-state index >= 15 is 0 Å². The Labute approximate surface area is 134 Å². The number of nitrogens with one attached hydrogen (secondary N) is 2. The maximum atomic E-state index is 11.8. The van der Waals surface area contributed by atoms with Crippen molar-refractivity contribution in [3.8, 4) is 24.7 Å². The number of hydrogen-bond acceptors (Lipinski definition) is 2. The highest BCUT2D eigenvalue weighted by Gasteiger charge is 2.16. The molecule has 6 heteroatoms. The zero-order valence-corrected chi connectivity index (χ0v) is 13.5. The predicted octanol–water partition coefficient (Wildman–Crippen LogP) is 1.94. The summed E-state index contributed by atoms with van der Waals surface area (Å²) in [4.78, 5) is 23.7. The molecule has 0 fully saturated rings. The third-order valence-electron chi connectivity index (χ3n) is 2.25. The minimum absolute atomic E-state index is 0.132. The molecule has 1 rings (SSSR count). The number of carbonyl (C=O) groups is 2. The third-order valence-corrected chi connectivity index (χ3v) is 3.56. The second-order valence-corrected chi connectivity index (χ2v) is 5.29. The molecule has 1 aromatic rings. The fraction of sp³-hybridized carbons (Fsp3) is 0.143. The fourth-order valence-electron chi connectivity index (χ4n) is 1.35. The average molecular weight is 398 g/mol. The lowest BCUT2D eigenvalue weighted by atomic mass is 10.1. The van der Waals surface area contributed by atoms with Crippen LogP contribution in [0.2, 0.25) is 0 Å². The third kappa shape index (κ3) is 4.12. The molecule has 1 aromatic carbocycles. The molecule has 2 amide bonds. The smallest absolute Gasteiger partial charge is 0.253 e. The summed E-state index contributed by atoms with van der Waals surface area (Å²) >= 11 is 6.51. The van der Waals surface area contributed by atoms with Gasteiger partial charge in [-0.2, -0.15) is 0 Å². The molecule has 0 saturated heterocycles. The Kier molecular flexibility index (Phi) is 6.30. The Morgan fingerprint density at radius 2 is 1.30 bits per heavy atom. The fourth-order valence-corrected chi connectivity index (χ4v) is 2.39. The van der Waals surface area contributed by atoms with Gasteiger partial charge >= 0.3 is 0 Å². The van der Waals surface area contributed by atoms with Gasteiger partial charge < -0.3 is 10.6 Å². The Morgan fingerprint density at radius 3 is 1.60 bits per heavy atom. The van der Waals surface area contributed by atoms with E-state index in [9.17, 15) is 9.59 Å². The minimum atomic E-state index is -0.328. The van der Waals surface area contributed by atoms with Crippen LogP contribution in [0.4, 0.5) is 0 Å². The number of carbonyl (C=O) groups excluding carboxylic acids is 2. The van der Waals surface area contributed by atoms with Gasteiger partial charge in [0.15, 0.2) is 0 Å². The molecule has 0 unspecified atom stereocenters. The highest BCUT2D eigenvalue weighted by molar-refractivity contribution is 9.11. The van der Waals surface area contributed by atoms with E-state index in [1.807, 2.05) is 0 Å². The van der Waals surface area contributed by atoms with E-state index in [-0.39, 0.29) is 24.9 Å². The molecule has 0 aromatic heterocycles. The molecule has 0 aliphatic carbocycles. The molecule has 0 aliphatic heterocycles. The number of amides is 2. The number of benzene rings is 1. The quantitative estimate of drug-likeness (QED) is 0.763. The average Bonchev–Trinajstić information content (AvgIpc) is 2.44. The Balaban J connectivity index is 3.03. The van der Waals surface area contributed by atoms with E-state index in [0.29, 0.717) is 20.1 Å². The Morgan fingerprint density at radius 1 is 0.950 bits per heavy atom. The molecule has 102 valence electrons. The van der Waals surface area contributed by atoms with Crippen LogP contribution in [0.3, 0.4) is 0 Å². The first-order valence-electron chi connectivity index (χ1n) is 5.43. The number of rotatable bonds is 4. The summed E-state index contributed by atoms with van der Waals surface area (Å²) in [5.74, 6) is 3.97. The maximum absolute atomic E-state index is 11.8. The lowest BCUT2D eigenvalue weighted by molar-refractivity contribution is 0.0945. The summed E-state index contributed by atoms with van der Waals surface area (Å²) in [7, 11) is 0. The molecule has 0 bridgehead atoms. The molecule has 4 nitrogen and oxygen atoms in total. The van der Waals surface area contributed by atoms with Crippen molar-refractivity contribution in [2.75, 3.05) is 13.1 Å². The van der Waals surface area contributed by atoms with Crippen LogP contribution in [0.5, 0.6) is 0 Å². The van der Waals surface area contributed by atoms with Crippen molar-refractivity contribution in [3.05, 3.63) is 32.2 Å². The summed E-state index contributed by atoms with van der Waals surface area (Å²) in [6, 6.07) is 3.08. The SMILES string of the molecule is C#CCNC(=O)c1cc(Br)c(C(=O)NCC#C)cc1Br. The molecule has 0 aliphatic rings. The van der Waals surface area contributed by atoms with Gasteiger partial charge in [-0.15, -0.1) is 12.8 Å². The highest BCUT2D eigenvalue weighted by Crippen LogP contribution is 2.26. The van der Waals surface area contributed by atoms with Crippen LogP contribution in [0, 0.1) is 24.7 Å². The lowest BCUT2D eigenvalue weighted by Crippen LogP contribution is -2.26. The highest BCUT2D eigenvalue weighted by atomic mass is 79.9. The topological polar surface area (TPSA) is 58.2 Å². The second-order valence-electron chi connectivity index (χ2n) is 3.59. The summed E-state index contributed by atoms with van der Waals surface area (Å²) in [5, 5.41) is 5.09. The first kappa shape index (κ1) is 16.3. The van der Waals surface area contributed by atoms with Crippen molar-refractivity contribution < 1.29 is 9.59 Å². The van der Waals surface area contributed by atoms with Crippen molar-refractivity contribution >= 4 is 43.7 Å². The number of terminal acetylenes is 2. The van der Waals surface area contributed by atoms with E-state index < -0.39 is 0 Å². The molecule has 2 N–H and O–H groups in total.